The van der Waals surface area contributed by atoms with Gasteiger partial charge in [0, 0.05) is 13.2 Å². The van der Waals surface area contributed by atoms with E-state index in [-0.39, 0.29) is 0 Å². The average Bonchev–Trinajstić information content (AvgIpc) is 2.22. The molecule has 0 fully saturated rings. The number of hydrogen-bond donors (Lipinski definition) is 1. The van der Waals surface area contributed by atoms with E-state index in [1.165, 1.54) is 12.8 Å². The Bertz CT molecular complexity index is 127. The van der Waals surface area contributed by atoms with Crippen molar-refractivity contribution in [2.24, 2.45) is 5.92 Å². The Morgan fingerprint density at radius 1 is 1.14 bits per heavy atom. The molecule has 0 aliphatic rings. The highest BCUT2D eigenvalue weighted by atomic mass is 16.5. The minimum atomic E-state index is 0.389. The van der Waals surface area contributed by atoms with E-state index < -0.39 is 0 Å². The first-order valence-corrected chi connectivity index (χ1v) is 5.91. The van der Waals surface area contributed by atoms with Crippen molar-refractivity contribution in [2.75, 3.05) is 13.7 Å². The van der Waals surface area contributed by atoms with E-state index in [9.17, 15) is 0 Å². The zero-order chi connectivity index (χ0) is 11.0. The summed E-state index contributed by atoms with van der Waals surface area (Å²) >= 11 is 0. The van der Waals surface area contributed by atoms with Gasteiger partial charge < -0.3 is 10.1 Å². The van der Waals surface area contributed by atoms with Crippen molar-refractivity contribution < 1.29 is 4.74 Å². The van der Waals surface area contributed by atoms with Crippen LogP contribution in [0.1, 0.15) is 47.0 Å². The third-order valence-electron chi connectivity index (χ3n) is 3.08. The Balaban J connectivity index is 3.83. The van der Waals surface area contributed by atoms with Gasteiger partial charge in [-0.2, -0.15) is 0 Å². The molecule has 2 nitrogen and oxygen atoms in total. The van der Waals surface area contributed by atoms with E-state index in [4.69, 9.17) is 4.74 Å². The molecule has 1 N–H and O–H groups in total. The van der Waals surface area contributed by atoms with Gasteiger partial charge in [0.15, 0.2) is 0 Å². The van der Waals surface area contributed by atoms with Gasteiger partial charge in [0.25, 0.3) is 0 Å². The number of rotatable bonds is 8. The number of hydrogen-bond acceptors (Lipinski definition) is 2. The Morgan fingerprint density at radius 3 is 2.21 bits per heavy atom. The van der Waals surface area contributed by atoms with Crippen LogP contribution in [0.25, 0.3) is 0 Å². The summed E-state index contributed by atoms with van der Waals surface area (Å²) in [6, 6.07) is 0.655. The third-order valence-corrected chi connectivity index (χ3v) is 3.08. The van der Waals surface area contributed by atoms with Crippen LogP contribution in [0, 0.1) is 5.92 Å². The van der Waals surface area contributed by atoms with Crippen molar-refractivity contribution in [1.82, 2.24) is 5.32 Å². The van der Waals surface area contributed by atoms with Crippen LogP contribution in [0.5, 0.6) is 0 Å². The molecule has 0 aromatic carbocycles. The standard InChI is InChI=1S/C12H27NO/c1-6-10(3)12(13-7-2)9-8-11(4)14-5/h10-13H,6-9H2,1-5H3. The van der Waals surface area contributed by atoms with Crippen molar-refractivity contribution in [2.45, 2.75) is 59.1 Å². The van der Waals surface area contributed by atoms with Gasteiger partial charge in [-0.15, -0.1) is 0 Å². The highest BCUT2D eigenvalue weighted by molar-refractivity contribution is 4.73. The van der Waals surface area contributed by atoms with Gasteiger partial charge in [-0.3, -0.25) is 0 Å². The fraction of sp³-hybridized carbons (Fsp3) is 1.00. The predicted octanol–water partition coefficient (Wildman–Crippen LogP) is 2.83. The molecule has 0 bridgehead atoms. The summed E-state index contributed by atoms with van der Waals surface area (Å²) in [4.78, 5) is 0. The molecule has 14 heavy (non-hydrogen) atoms. The lowest BCUT2D eigenvalue weighted by molar-refractivity contribution is 0.103. The van der Waals surface area contributed by atoms with Gasteiger partial charge >= 0.3 is 0 Å². The number of ether oxygens (including phenoxy) is 1. The molecule has 0 saturated carbocycles. The number of methoxy groups -OCH3 is 1. The molecule has 0 heterocycles. The Hall–Kier alpha value is -0.0800. The molecule has 0 amide bonds. The van der Waals surface area contributed by atoms with Crippen molar-refractivity contribution in [3.8, 4) is 0 Å². The second kappa shape index (κ2) is 8.25. The maximum absolute atomic E-state index is 5.26. The fourth-order valence-corrected chi connectivity index (χ4v) is 1.67. The molecule has 86 valence electrons. The Labute approximate surface area is 89.4 Å². The molecule has 2 heteroatoms. The van der Waals surface area contributed by atoms with Crippen LogP contribution >= 0.6 is 0 Å². The Kier molecular flexibility index (Phi) is 8.20. The molecule has 0 aliphatic heterocycles. The van der Waals surface area contributed by atoms with Gasteiger partial charge in [-0.25, -0.2) is 0 Å². The lowest BCUT2D eigenvalue weighted by Crippen LogP contribution is -2.35. The van der Waals surface area contributed by atoms with E-state index in [0.717, 1.165) is 18.9 Å². The molecule has 0 spiro atoms. The molecular formula is C12H27NO. The van der Waals surface area contributed by atoms with E-state index in [0.29, 0.717) is 12.1 Å². The molecule has 0 aromatic heterocycles. The molecule has 0 aromatic rings. The summed E-state index contributed by atoms with van der Waals surface area (Å²) in [5.74, 6) is 0.763. The molecular weight excluding hydrogens is 174 g/mol. The minimum Gasteiger partial charge on any atom is -0.382 e. The van der Waals surface area contributed by atoms with E-state index in [1.807, 2.05) is 0 Å². The van der Waals surface area contributed by atoms with Crippen LogP contribution in [-0.4, -0.2) is 25.8 Å². The molecule has 0 rings (SSSR count). The molecule has 0 aliphatic carbocycles. The van der Waals surface area contributed by atoms with Crippen molar-refractivity contribution >= 4 is 0 Å². The van der Waals surface area contributed by atoms with Crippen molar-refractivity contribution in [1.29, 1.82) is 0 Å². The smallest absolute Gasteiger partial charge is 0.0543 e. The van der Waals surface area contributed by atoms with Crippen molar-refractivity contribution in [3.05, 3.63) is 0 Å². The average molecular weight is 201 g/mol. The molecule has 3 atom stereocenters. The van der Waals surface area contributed by atoms with Crippen LogP contribution in [-0.2, 0) is 4.74 Å². The van der Waals surface area contributed by atoms with E-state index >= 15 is 0 Å². The van der Waals surface area contributed by atoms with Gasteiger partial charge in [0.05, 0.1) is 6.10 Å². The van der Waals surface area contributed by atoms with Gasteiger partial charge in [-0.1, -0.05) is 27.2 Å². The van der Waals surface area contributed by atoms with Crippen LogP contribution in [0.2, 0.25) is 0 Å². The van der Waals surface area contributed by atoms with Crippen LogP contribution in [0.15, 0.2) is 0 Å². The number of nitrogens with one attached hydrogen (secondary N) is 1. The zero-order valence-electron chi connectivity index (χ0n) is 10.5. The molecule has 3 unspecified atom stereocenters. The van der Waals surface area contributed by atoms with Gasteiger partial charge in [-0.05, 0) is 32.2 Å². The maximum atomic E-state index is 5.26. The summed E-state index contributed by atoms with van der Waals surface area (Å²) < 4.78 is 5.26. The first-order chi connectivity index (χ1) is 6.65. The predicted molar refractivity (Wildman–Crippen MR) is 62.6 cm³/mol. The summed E-state index contributed by atoms with van der Waals surface area (Å²) in [7, 11) is 1.79. The normalized spacial score (nSPS) is 17.8. The highest BCUT2D eigenvalue weighted by Gasteiger charge is 2.15. The summed E-state index contributed by atoms with van der Waals surface area (Å²) in [6.07, 6.45) is 4.01. The minimum absolute atomic E-state index is 0.389. The lowest BCUT2D eigenvalue weighted by atomic mass is 9.94. The van der Waals surface area contributed by atoms with E-state index in [2.05, 4.69) is 33.0 Å². The summed E-state index contributed by atoms with van der Waals surface area (Å²) in [5.41, 5.74) is 0. The molecule has 0 saturated heterocycles. The van der Waals surface area contributed by atoms with Crippen LogP contribution < -0.4 is 5.32 Å². The second-order valence-corrected chi connectivity index (χ2v) is 4.17. The summed E-state index contributed by atoms with van der Waals surface area (Å²) in [5, 5.41) is 3.56. The Morgan fingerprint density at radius 2 is 1.79 bits per heavy atom. The first-order valence-electron chi connectivity index (χ1n) is 5.91. The van der Waals surface area contributed by atoms with Gasteiger partial charge in [0.2, 0.25) is 0 Å². The zero-order valence-corrected chi connectivity index (χ0v) is 10.5. The fourth-order valence-electron chi connectivity index (χ4n) is 1.67. The topological polar surface area (TPSA) is 21.3 Å². The van der Waals surface area contributed by atoms with E-state index in [1.54, 1.807) is 7.11 Å². The molecule has 0 radical (unpaired) electrons. The maximum Gasteiger partial charge on any atom is 0.0543 e. The largest absolute Gasteiger partial charge is 0.382 e. The van der Waals surface area contributed by atoms with Gasteiger partial charge in [0.1, 0.15) is 0 Å². The third kappa shape index (κ3) is 5.61. The quantitative estimate of drug-likeness (QED) is 0.652. The first kappa shape index (κ1) is 13.9. The summed E-state index contributed by atoms with van der Waals surface area (Å²) in [6.45, 7) is 9.96. The monoisotopic (exact) mass is 201 g/mol. The SMILES string of the molecule is CCNC(CCC(C)OC)C(C)CC. The highest BCUT2D eigenvalue weighted by Crippen LogP contribution is 2.14. The lowest BCUT2D eigenvalue weighted by Gasteiger charge is -2.24. The second-order valence-electron chi connectivity index (χ2n) is 4.17. The van der Waals surface area contributed by atoms with Crippen LogP contribution in [0.3, 0.4) is 0 Å². The van der Waals surface area contributed by atoms with Crippen molar-refractivity contribution in [3.63, 3.8) is 0 Å². The van der Waals surface area contributed by atoms with Crippen LogP contribution in [0.4, 0.5) is 0 Å².